The van der Waals surface area contributed by atoms with Gasteiger partial charge in [0.1, 0.15) is 5.82 Å². The number of carbonyl (C=O) groups is 1. The molecule has 0 saturated heterocycles. The van der Waals surface area contributed by atoms with Gasteiger partial charge in [-0.25, -0.2) is 14.2 Å². The number of rotatable bonds is 10. The second-order valence-corrected chi connectivity index (χ2v) is 11.6. The first-order valence-electron chi connectivity index (χ1n) is 14.0. The third-order valence-electron chi connectivity index (χ3n) is 8.27. The summed E-state index contributed by atoms with van der Waals surface area (Å²) in [4.78, 5) is 22.0. The molecule has 1 saturated carbocycles. The molecule has 0 N–H and O–H groups in total. The van der Waals surface area contributed by atoms with Gasteiger partial charge in [0.15, 0.2) is 0 Å². The van der Waals surface area contributed by atoms with E-state index in [0.717, 1.165) is 56.2 Å². The van der Waals surface area contributed by atoms with Gasteiger partial charge < -0.3 is 19.3 Å². The van der Waals surface area contributed by atoms with Gasteiger partial charge in [0.05, 0.1) is 19.5 Å². The summed E-state index contributed by atoms with van der Waals surface area (Å²) >= 11 is 6.15. The van der Waals surface area contributed by atoms with E-state index in [-0.39, 0.29) is 23.8 Å². The molecule has 0 spiro atoms. The fourth-order valence-corrected chi connectivity index (χ4v) is 6.69. The summed E-state index contributed by atoms with van der Waals surface area (Å²) < 4.78 is 25.1. The predicted molar refractivity (Wildman–Crippen MR) is 154 cm³/mol. The first-order chi connectivity index (χ1) is 18.8. The van der Waals surface area contributed by atoms with Crippen LogP contribution in [0.3, 0.4) is 0 Å². The average Bonchev–Trinajstić information content (AvgIpc) is 3.26. The van der Waals surface area contributed by atoms with Crippen molar-refractivity contribution in [2.24, 2.45) is 16.8 Å². The lowest BCUT2D eigenvalue weighted by Crippen LogP contribution is -2.55. The SMILES string of the molecule is CCCCN1C=NC(Cc2ccc(Cl)cc2)(OC(=O)OC)C1C1CCC(C(c2cccc(F)c2)N(C)C)CC1. The zero-order valence-electron chi connectivity index (χ0n) is 23.5. The molecule has 1 heterocycles. The molecule has 8 heteroatoms. The van der Waals surface area contributed by atoms with Gasteiger partial charge in [-0.3, -0.25) is 0 Å². The molecule has 0 bridgehead atoms. The van der Waals surface area contributed by atoms with Crippen LogP contribution in [0.15, 0.2) is 53.5 Å². The van der Waals surface area contributed by atoms with Gasteiger partial charge in [0, 0.05) is 24.0 Å². The van der Waals surface area contributed by atoms with Crippen molar-refractivity contribution in [3.8, 4) is 0 Å². The first kappa shape index (κ1) is 29.3. The molecule has 0 radical (unpaired) electrons. The largest absolute Gasteiger partial charge is 0.510 e. The molecule has 2 aromatic carbocycles. The summed E-state index contributed by atoms with van der Waals surface area (Å²) in [7, 11) is 5.47. The Hall–Kier alpha value is -2.64. The Balaban J connectivity index is 1.60. The molecular formula is C31H41ClFN3O3. The zero-order valence-corrected chi connectivity index (χ0v) is 24.2. The Morgan fingerprint density at radius 2 is 1.90 bits per heavy atom. The Morgan fingerprint density at radius 3 is 2.51 bits per heavy atom. The summed E-state index contributed by atoms with van der Waals surface area (Å²) in [5.74, 6) is 0.471. The first-order valence-corrected chi connectivity index (χ1v) is 14.4. The maximum Gasteiger partial charge on any atom is 0.510 e. The monoisotopic (exact) mass is 557 g/mol. The van der Waals surface area contributed by atoms with Crippen LogP contribution in [0, 0.1) is 17.7 Å². The number of carbonyl (C=O) groups excluding carboxylic acids is 1. The van der Waals surface area contributed by atoms with Crippen LogP contribution in [0.1, 0.15) is 62.6 Å². The van der Waals surface area contributed by atoms with E-state index in [4.69, 9.17) is 26.1 Å². The number of methoxy groups -OCH3 is 1. The quantitative estimate of drug-likeness (QED) is 0.291. The fraction of sp³-hybridized carbons (Fsp3) is 0.548. The maximum absolute atomic E-state index is 14.1. The van der Waals surface area contributed by atoms with Crippen molar-refractivity contribution in [1.82, 2.24) is 9.80 Å². The molecule has 3 unspecified atom stereocenters. The molecule has 2 aromatic rings. The predicted octanol–water partition coefficient (Wildman–Crippen LogP) is 7.12. The molecule has 0 amide bonds. The summed E-state index contributed by atoms with van der Waals surface area (Å²) in [5.41, 5.74) is 0.925. The highest BCUT2D eigenvalue weighted by atomic mass is 35.5. The molecule has 39 heavy (non-hydrogen) atoms. The molecule has 6 nitrogen and oxygen atoms in total. The topological polar surface area (TPSA) is 54.4 Å². The minimum absolute atomic E-state index is 0.105. The summed E-state index contributed by atoms with van der Waals surface area (Å²) in [6.07, 6.45) is 7.60. The lowest BCUT2D eigenvalue weighted by atomic mass is 9.71. The van der Waals surface area contributed by atoms with Crippen molar-refractivity contribution >= 4 is 24.1 Å². The van der Waals surface area contributed by atoms with Crippen LogP contribution >= 0.6 is 11.6 Å². The second-order valence-electron chi connectivity index (χ2n) is 11.1. The van der Waals surface area contributed by atoms with E-state index in [1.165, 1.54) is 13.2 Å². The summed E-state index contributed by atoms with van der Waals surface area (Å²) in [6.45, 7) is 3.02. The Kier molecular flexibility index (Phi) is 9.89. The van der Waals surface area contributed by atoms with Crippen LogP contribution in [0.2, 0.25) is 5.02 Å². The molecule has 1 fully saturated rings. The van der Waals surface area contributed by atoms with Crippen molar-refractivity contribution in [2.75, 3.05) is 27.7 Å². The molecule has 1 aliphatic heterocycles. The van der Waals surface area contributed by atoms with Crippen molar-refractivity contribution in [3.63, 3.8) is 0 Å². The standard InChI is InChI=1S/C31H41ClFN3O3/c1-5-6-18-36-21-34-31(39-30(37)38-4,20-22-10-16-26(32)17-11-22)29(36)24-14-12-23(13-15-24)28(35(2)3)25-8-7-9-27(33)19-25/h7-11,16-17,19,21,23-24,28-29H,5-6,12-15,18,20H2,1-4H3. The van der Waals surface area contributed by atoms with E-state index in [1.807, 2.05) is 36.7 Å². The maximum atomic E-state index is 14.1. The Bertz CT molecular complexity index is 1120. The molecule has 4 rings (SSSR count). The summed E-state index contributed by atoms with van der Waals surface area (Å²) in [6, 6.07) is 14.6. The Labute approximate surface area is 237 Å². The van der Waals surface area contributed by atoms with Gasteiger partial charge in [-0.15, -0.1) is 0 Å². The van der Waals surface area contributed by atoms with Gasteiger partial charge in [0.2, 0.25) is 5.72 Å². The number of unbranched alkanes of at least 4 members (excludes halogenated alkanes) is 1. The fourth-order valence-electron chi connectivity index (χ4n) is 6.57. The number of halogens is 2. The van der Waals surface area contributed by atoms with Crippen molar-refractivity contribution < 1.29 is 18.7 Å². The average molecular weight is 558 g/mol. The van der Waals surface area contributed by atoms with Gasteiger partial charge in [-0.05, 0) is 93.4 Å². The molecular weight excluding hydrogens is 517 g/mol. The lowest BCUT2D eigenvalue weighted by molar-refractivity contribution is -0.0713. The smallest absolute Gasteiger partial charge is 0.438 e. The highest BCUT2D eigenvalue weighted by Gasteiger charge is 2.53. The highest BCUT2D eigenvalue weighted by Crippen LogP contribution is 2.46. The Morgan fingerprint density at radius 1 is 1.18 bits per heavy atom. The van der Waals surface area contributed by atoms with E-state index in [9.17, 15) is 9.18 Å². The van der Waals surface area contributed by atoms with Crippen LogP contribution < -0.4 is 0 Å². The molecule has 2 aliphatic rings. The number of ether oxygens (including phenoxy) is 2. The normalized spacial score (nSPS) is 25.6. The van der Waals surface area contributed by atoms with E-state index in [1.54, 1.807) is 12.1 Å². The van der Waals surface area contributed by atoms with Crippen LogP contribution in [-0.4, -0.2) is 61.8 Å². The third-order valence-corrected chi connectivity index (χ3v) is 8.52. The minimum Gasteiger partial charge on any atom is -0.438 e. The van der Waals surface area contributed by atoms with Gasteiger partial charge >= 0.3 is 6.16 Å². The van der Waals surface area contributed by atoms with Crippen LogP contribution in [0.5, 0.6) is 0 Å². The molecule has 3 atom stereocenters. The summed E-state index contributed by atoms with van der Waals surface area (Å²) in [5, 5.41) is 0.657. The third kappa shape index (κ3) is 6.93. The second kappa shape index (κ2) is 13.1. The lowest BCUT2D eigenvalue weighted by Gasteiger charge is -2.45. The van der Waals surface area contributed by atoms with Crippen molar-refractivity contribution in [3.05, 3.63) is 70.5 Å². The minimum atomic E-state index is -1.09. The number of nitrogens with zero attached hydrogens (tertiary/aromatic N) is 3. The van der Waals surface area contributed by atoms with E-state index in [0.29, 0.717) is 17.4 Å². The highest BCUT2D eigenvalue weighted by molar-refractivity contribution is 6.30. The van der Waals surface area contributed by atoms with Crippen molar-refractivity contribution in [1.29, 1.82) is 0 Å². The van der Waals surface area contributed by atoms with Crippen LogP contribution in [-0.2, 0) is 15.9 Å². The van der Waals surface area contributed by atoms with Gasteiger partial charge in [0.25, 0.3) is 0 Å². The van der Waals surface area contributed by atoms with E-state index >= 15 is 0 Å². The number of benzene rings is 2. The van der Waals surface area contributed by atoms with Crippen LogP contribution in [0.4, 0.5) is 9.18 Å². The molecule has 212 valence electrons. The van der Waals surface area contributed by atoms with Crippen molar-refractivity contribution in [2.45, 2.75) is 69.7 Å². The van der Waals surface area contributed by atoms with Gasteiger partial charge in [-0.1, -0.05) is 49.2 Å². The number of hydrogen-bond donors (Lipinski definition) is 0. The number of hydrogen-bond acceptors (Lipinski definition) is 6. The number of aliphatic imine (C=N–C) groups is 1. The molecule has 0 aromatic heterocycles. The van der Waals surface area contributed by atoms with Gasteiger partial charge in [-0.2, -0.15) is 0 Å². The van der Waals surface area contributed by atoms with E-state index in [2.05, 4.69) is 30.8 Å². The molecule has 1 aliphatic carbocycles. The zero-order chi connectivity index (χ0) is 28.0. The van der Waals surface area contributed by atoms with Crippen LogP contribution in [0.25, 0.3) is 0 Å². The van der Waals surface area contributed by atoms with E-state index < -0.39 is 11.9 Å².